The number of hydrogen-bond donors (Lipinski definition) is 0. The van der Waals surface area contributed by atoms with Gasteiger partial charge in [0.25, 0.3) is 0 Å². The van der Waals surface area contributed by atoms with E-state index in [-0.39, 0.29) is 0 Å². The Kier molecular flexibility index (Phi) is 3.91. The van der Waals surface area contributed by atoms with Gasteiger partial charge in [0.2, 0.25) is 5.78 Å². The highest BCUT2D eigenvalue weighted by Crippen LogP contribution is 2.30. The normalized spacial score (nSPS) is 11.3. The van der Waals surface area contributed by atoms with Crippen molar-refractivity contribution >= 4 is 44.9 Å². The van der Waals surface area contributed by atoms with E-state index in [1.165, 1.54) is 0 Å². The molecular weight excluding hydrogens is 409 g/mol. The van der Waals surface area contributed by atoms with Crippen molar-refractivity contribution in [2.24, 2.45) is 7.05 Å². The van der Waals surface area contributed by atoms with Crippen LogP contribution in [-0.2, 0) is 7.05 Å². The van der Waals surface area contributed by atoms with Gasteiger partial charge >= 0.3 is 0 Å². The van der Waals surface area contributed by atoms with Crippen LogP contribution in [0.2, 0.25) is 10.0 Å². The zero-order valence-corrected chi connectivity index (χ0v) is 15.8. The van der Waals surface area contributed by atoms with Gasteiger partial charge in [0, 0.05) is 29.5 Å². The van der Waals surface area contributed by atoms with Crippen molar-refractivity contribution in [3.63, 3.8) is 0 Å². The molecule has 0 aliphatic carbocycles. The molecule has 0 atom stereocenters. The Morgan fingerprint density at radius 3 is 2.29 bits per heavy atom. The number of aryl methyl sites for hydroxylation is 1. The van der Waals surface area contributed by atoms with Crippen LogP contribution in [0.3, 0.4) is 0 Å². The smallest absolute Gasteiger partial charge is 0.214 e. The van der Waals surface area contributed by atoms with E-state index in [4.69, 9.17) is 28.2 Å². The number of benzene rings is 2. The number of rotatable bonds is 2. The Balaban J connectivity index is 1.80. The molecule has 4 rings (SSSR count). The zero-order valence-electron chi connectivity index (χ0n) is 12.7. The number of hydrogen-bond acceptors (Lipinski definition) is 1. The largest absolute Gasteiger partial charge is 0.313 e. The average molecular weight is 421 g/mol. The predicted molar refractivity (Wildman–Crippen MR) is 103 cm³/mol. The summed E-state index contributed by atoms with van der Waals surface area (Å²) in [5.41, 5.74) is 4.05. The first kappa shape index (κ1) is 15.8. The summed E-state index contributed by atoms with van der Waals surface area (Å²) in [5, 5.41) is 1.07. The van der Waals surface area contributed by atoms with Crippen LogP contribution in [0.15, 0.2) is 59.3 Å². The van der Waals surface area contributed by atoms with Crippen LogP contribution in [0, 0.1) is 0 Å². The predicted octanol–water partition coefficient (Wildman–Crippen LogP) is 6.08. The first-order valence-corrected chi connectivity index (χ1v) is 8.83. The monoisotopic (exact) mass is 419 g/mol. The second-order valence-electron chi connectivity index (χ2n) is 5.54. The van der Waals surface area contributed by atoms with Crippen molar-refractivity contribution in [3.05, 3.63) is 69.4 Å². The topological polar surface area (TPSA) is 22.2 Å². The molecule has 0 saturated heterocycles. The van der Waals surface area contributed by atoms with Crippen molar-refractivity contribution in [3.8, 4) is 22.5 Å². The highest BCUT2D eigenvalue weighted by molar-refractivity contribution is 9.10. The van der Waals surface area contributed by atoms with Crippen molar-refractivity contribution in [2.45, 2.75) is 0 Å². The molecule has 2 aromatic heterocycles. The molecule has 0 spiro atoms. The summed E-state index contributed by atoms with van der Waals surface area (Å²) in [6.45, 7) is 0. The van der Waals surface area contributed by atoms with Gasteiger partial charge in [-0.1, -0.05) is 57.3 Å². The average Bonchev–Trinajstić information content (AvgIpc) is 3.11. The van der Waals surface area contributed by atoms with E-state index < -0.39 is 0 Å². The lowest BCUT2D eigenvalue weighted by Gasteiger charge is -2.03. The Hall–Kier alpha value is -1.75. The Morgan fingerprint density at radius 2 is 1.62 bits per heavy atom. The van der Waals surface area contributed by atoms with Crippen LogP contribution < -0.4 is 0 Å². The third-order valence-corrected chi connectivity index (χ3v) is 5.26. The summed E-state index contributed by atoms with van der Waals surface area (Å²) in [5.74, 6) is 0.869. The van der Waals surface area contributed by atoms with Crippen LogP contribution in [0.4, 0.5) is 0 Å². The van der Waals surface area contributed by atoms with Gasteiger partial charge in [0.05, 0.1) is 21.4 Å². The fraction of sp³-hybridized carbons (Fsp3) is 0.0556. The van der Waals surface area contributed by atoms with E-state index in [0.29, 0.717) is 10.0 Å². The van der Waals surface area contributed by atoms with Crippen molar-refractivity contribution in [1.82, 2.24) is 14.0 Å². The SMILES string of the molecule is Cn1c(-c2ccc(Br)cc2)cn2cc(-c3ccc(Cl)c(Cl)c3)nc12. The lowest BCUT2D eigenvalue weighted by Crippen LogP contribution is -1.92. The first-order valence-electron chi connectivity index (χ1n) is 7.29. The van der Waals surface area contributed by atoms with Crippen LogP contribution in [-0.4, -0.2) is 14.0 Å². The molecule has 0 aliphatic rings. The van der Waals surface area contributed by atoms with Crippen molar-refractivity contribution in [1.29, 1.82) is 0 Å². The molecule has 24 heavy (non-hydrogen) atoms. The molecule has 0 aliphatic heterocycles. The van der Waals surface area contributed by atoms with E-state index in [1.54, 1.807) is 6.07 Å². The molecular formula is C18H12BrCl2N3. The number of fused-ring (bicyclic) bond motifs is 1. The minimum Gasteiger partial charge on any atom is -0.313 e. The molecule has 0 amide bonds. The fourth-order valence-electron chi connectivity index (χ4n) is 2.74. The summed E-state index contributed by atoms with van der Waals surface area (Å²) >= 11 is 15.6. The van der Waals surface area contributed by atoms with Crippen LogP contribution in [0.5, 0.6) is 0 Å². The van der Waals surface area contributed by atoms with Crippen LogP contribution in [0.1, 0.15) is 0 Å². The van der Waals surface area contributed by atoms with Gasteiger partial charge in [0.15, 0.2) is 0 Å². The second kappa shape index (κ2) is 5.96. The molecule has 0 unspecified atom stereocenters. The van der Waals surface area contributed by atoms with Gasteiger partial charge in [-0.25, -0.2) is 4.98 Å². The summed E-state index contributed by atoms with van der Waals surface area (Å²) < 4.78 is 5.16. The van der Waals surface area contributed by atoms with E-state index >= 15 is 0 Å². The highest BCUT2D eigenvalue weighted by Gasteiger charge is 2.13. The number of aromatic nitrogens is 3. The zero-order chi connectivity index (χ0) is 16.8. The quantitative estimate of drug-likeness (QED) is 0.385. The molecule has 2 aromatic carbocycles. The maximum Gasteiger partial charge on any atom is 0.214 e. The number of imidazole rings is 2. The Morgan fingerprint density at radius 1 is 0.917 bits per heavy atom. The van der Waals surface area contributed by atoms with Gasteiger partial charge in [0.1, 0.15) is 0 Å². The summed E-state index contributed by atoms with van der Waals surface area (Å²) in [6.07, 6.45) is 4.07. The standard InChI is InChI=1S/C18H12BrCl2N3/c1-23-17(11-2-5-13(19)6-3-11)10-24-9-16(22-18(23)24)12-4-7-14(20)15(21)8-12/h2-10H,1H3. The summed E-state index contributed by atoms with van der Waals surface area (Å²) in [6, 6.07) is 13.8. The van der Waals surface area contributed by atoms with Gasteiger partial charge in [-0.05, 0) is 29.8 Å². The Bertz CT molecular complexity index is 1050. The Labute approximate surface area is 157 Å². The first-order chi connectivity index (χ1) is 11.5. The molecule has 0 saturated carbocycles. The van der Waals surface area contributed by atoms with E-state index in [9.17, 15) is 0 Å². The molecule has 0 bridgehead atoms. The lowest BCUT2D eigenvalue weighted by atomic mass is 10.1. The van der Waals surface area contributed by atoms with Crippen molar-refractivity contribution in [2.75, 3.05) is 0 Å². The molecule has 120 valence electrons. The van der Waals surface area contributed by atoms with Gasteiger partial charge < -0.3 is 4.57 Å². The number of halogens is 3. The molecule has 6 heteroatoms. The fourth-order valence-corrected chi connectivity index (χ4v) is 3.30. The lowest BCUT2D eigenvalue weighted by molar-refractivity contribution is 0.945. The third kappa shape index (κ3) is 2.65. The maximum absolute atomic E-state index is 6.11. The summed E-state index contributed by atoms with van der Waals surface area (Å²) in [4.78, 5) is 4.73. The van der Waals surface area contributed by atoms with E-state index in [0.717, 1.165) is 32.8 Å². The van der Waals surface area contributed by atoms with Gasteiger partial charge in [-0.15, -0.1) is 0 Å². The van der Waals surface area contributed by atoms with E-state index in [1.807, 2.05) is 41.9 Å². The van der Waals surface area contributed by atoms with Crippen LogP contribution >= 0.6 is 39.1 Å². The molecule has 2 heterocycles. The molecule has 3 nitrogen and oxygen atoms in total. The second-order valence-corrected chi connectivity index (χ2v) is 7.27. The maximum atomic E-state index is 6.11. The summed E-state index contributed by atoms with van der Waals surface area (Å²) in [7, 11) is 2.01. The third-order valence-electron chi connectivity index (χ3n) is 3.99. The molecule has 0 fully saturated rings. The minimum absolute atomic E-state index is 0.529. The molecule has 0 radical (unpaired) electrons. The number of nitrogens with zero attached hydrogens (tertiary/aromatic N) is 3. The minimum atomic E-state index is 0.529. The van der Waals surface area contributed by atoms with E-state index in [2.05, 4.69) is 38.8 Å². The molecule has 4 aromatic rings. The van der Waals surface area contributed by atoms with Gasteiger partial charge in [-0.2, -0.15) is 0 Å². The van der Waals surface area contributed by atoms with Crippen molar-refractivity contribution < 1.29 is 0 Å². The highest BCUT2D eigenvalue weighted by atomic mass is 79.9. The van der Waals surface area contributed by atoms with Crippen LogP contribution in [0.25, 0.3) is 28.3 Å². The molecule has 0 N–H and O–H groups in total. The van der Waals surface area contributed by atoms with Gasteiger partial charge in [-0.3, -0.25) is 4.40 Å².